The molecule has 0 radical (unpaired) electrons. The zero-order valence-corrected chi connectivity index (χ0v) is 11.7. The summed E-state index contributed by atoms with van der Waals surface area (Å²) in [6.45, 7) is 4.11. The highest BCUT2D eigenvalue weighted by Gasteiger charge is 2.39. The van der Waals surface area contributed by atoms with Gasteiger partial charge in [0, 0.05) is 6.61 Å². The van der Waals surface area contributed by atoms with E-state index in [1.165, 1.54) is 0 Å². The van der Waals surface area contributed by atoms with Crippen LogP contribution in [0.3, 0.4) is 0 Å². The lowest BCUT2D eigenvalue weighted by Gasteiger charge is -2.29. The molecule has 1 aromatic rings. The van der Waals surface area contributed by atoms with E-state index in [0.29, 0.717) is 19.1 Å². The van der Waals surface area contributed by atoms with Crippen molar-refractivity contribution < 1.29 is 18.8 Å². The number of amides is 1. The molecule has 114 valence electrons. The van der Waals surface area contributed by atoms with Crippen molar-refractivity contribution in [1.29, 1.82) is 0 Å². The zero-order valence-electron chi connectivity index (χ0n) is 11.7. The Morgan fingerprint density at radius 2 is 2.29 bits per heavy atom. The average molecular weight is 297 g/mol. The molecule has 1 aromatic carbocycles. The Kier molecular flexibility index (Phi) is 3.82. The molecule has 1 heterocycles. The number of nitro groups is 1. The lowest BCUT2D eigenvalue weighted by atomic mass is 9.94. The molecular weight excluding hydrogens is 281 g/mol. The molecule has 1 saturated heterocycles. The first-order valence-electron chi connectivity index (χ1n) is 6.42. The van der Waals surface area contributed by atoms with E-state index in [-0.39, 0.29) is 17.4 Å². The minimum atomic E-state index is -0.887. The third-order valence-corrected chi connectivity index (χ3v) is 3.85. The summed E-state index contributed by atoms with van der Waals surface area (Å²) in [4.78, 5) is 22.3. The van der Waals surface area contributed by atoms with Crippen LogP contribution in [0, 0.1) is 15.9 Å². The Bertz CT molecular complexity index is 607. The molecule has 0 aliphatic carbocycles. The number of rotatable bonds is 3. The third-order valence-electron chi connectivity index (χ3n) is 3.85. The van der Waals surface area contributed by atoms with Crippen LogP contribution in [-0.4, -0.2) is 29.1 Å². The van der Waals surface area contributed by atoms with Crippen LogP contribution >= 0.6 is 0 Å². The van der Waals surface area contributed by atoms with Gasteiger partial charge in [-0.2, -0.15) is 0 Å². The third kappa shape index (κ3) is 2.80. The quantitative estimate of drug-likeness (QED) is 0.500. The van der Waals surface area contributed by atoms with Crippen molar-refractivity contribution >= 4 is 17.3 Å². The Morgan fingerprint density at radius 3 is 2.81 bits per heavy atom. The van der Waals surface area contributed by atoms with E-state index in [1.807, 2.05) is 6.92 Å². The fourth-order valence-electron chi connectivity index (χ4n) is 2.27. The molecule has 0 aromatic heterocycles. The number of anilines is 1. The highest BCUT2D eigenvalue weighted by atomic mass is 19.1. The van der Waals surface area contributed by atoms with E-state index in [1.54, 1.807) is 6.92 Å². The van der Waals surface area contributed by atoms with E-state index in [9.17, 15) is 19.3 Å². The first kappa shape index (κ1) is 15.2. The number of nitrogens with two attached hydrogens (primary N) is 1. The predicted molar refractivity (Wildman–Crippen MR) is 73.4 cm³/mol. The monoisotopic (exact) mass is 297 g/mol. The predicted octanol–water partition coefficient (Wildman–Crippen LogP) is 1.61. The standard InChI is InChI=1S/C13H16FN3O4/c1-7-13(2,3-4-21-7)16-12(18)9-5-8(14)6-10(11(9)15)17(19)20/h5-7H,3-4,15H2,1-2H3,(H,16,18). The number of halogens is 1. The maximum Gasteiger partial charge on any atom is 0.295 e. The summed E-state index contributed by atoms with van der Waals surface area (Å²) in [5.41, 5.74) is 3.76. The van der Waals surface area contributed by atoms with Crippen LogP contribution in [0.25, 0.3) is 0 Å². The van der Waals surface area contributed by atoms with Crippen LogP contribution in [-0.2, 0) is 4.74 Å². The van der Waals surface area contributed by atoms with Gasteiger partial charge in [0.25, 0.3) is 11.6 Å². The number of benzene rings is 1. The van der Waals surface area contributed by atoms with Gasteiger partial charge in [-0.1, -0.05) is 0 Å². The van der Waals surface area contributed by atoms with Gasteiger partial charge in [0.1, 0.15) is 11.5 Å². The number of carbonyl (C=O) groups excluding carboxylic acids is 1. The normalized spacial score (nSPS) is 24.8. The molecular formula is C13H16FN3O4. The van der Waals surface area contributed by atoms with Crippen molar-refractivity contribution in [2.24, 2.45) is 0 Å². The van der Waals surface area contributed by atoms with Crippen molar-refractivity contribution in [3.8, 4) is 0 Å². The molecule has 0 spiro atoms. The molecule has 2 rings (SSSR count). The molecule has 3 N–H and O–H groups in total. The van der Waals surface area contributed by atoms with E-state index in [2.05, 4.69) is 5.32 Å². The van der Waals surface area contributed by atoms with Crippen LogP contribution in [0.5, 0.6) is 0 Å². The van der Waals surface area contributed by atoms with Crippen molar-refractivity contribution in [3.63, 3.8) is 0 Å². The minimum Gasteiger partial charge on any atom is -0.393 e. The summed E-state index contributed by atoms with van der Waals surface area (Å²) in [6.07, 6.45) is 0.378. The van der Waals surface area contributed by atoms with Gasteiger partial charge in [-0.25, -0.2) is 4.39 Å². The number of nitrogen functional groups attached to an aromatic ring is 1. The maximum absolute atomic E-state index is 13.4. The molecule has 8 heteroatoms. The zero-order chi connectivity index (χ0) is 15.8. The topological polar surface area (TPSA) is 107 Å². The van der Waals surface area contributed by atoms with Gasteiger partial charge in [-0.05, 0) is 26.3 Å². The fourth-order valence-corrected chi connectivity index (χ4v) is 2.27. The number of nitrogens with zero attached hydrogens (tertiary/aromatic N) is 1. The summed E-state index contributed by atoms with van der Waals surface area (Å²) in [7, 11) is 0. The maximum atomic E-state index is 13.4. The fraction of sp³-hybridized carbons (Fsp3) is 0.462. The van der Waals surface area contributed by atoms with Crippen LogP contribution in [0.4, 0.5) is 15.8 Å². The van der Waals surface area contributed by atoms with E-state index >= 15 is 0 Å². The molecule has 2 unspecified atom stereocenters. The van der Waals surface area contributed by atoms with Crippen LogP contribution in [0.2, 0.25) is 0 Å². The highest BCUT2D eigenvalue weighted by molar-refractivity contribution is 6.01. The second-order valence-electron chi connectivity index (χ2n) is 5.28. The number of nitro benzene ring substituents is 1. The number of carbonyl (C=O) groups is 1. The SMILES string of the molecule is CC1OCCC1(C)NC(=O)c1cc(F)cc([N+](=O)[O-])c1N. The van der Waals surface area contributed by atoms with E-state index in [0.717, 1.165) is 6.07 Å². The average Bonchev–Trinajstić information content (AvgIpc) is 2.71. The number of hydrogen-bond acceptors (Lipinski definition) is 5. The lowest BCUT2D eigenvalue weighted by molar-refractivity contribution is -0.384. The summed E-state index contributed by atoms with van der Waals surface area (Å²) < 4.78 is 18.8. The molecule has 7 nitrogen and oxygen atoms in total. The van der Waals surface area contributed by atoms with Crippen LogP contribution < -0.4 is 11.1 Å². The van der Waals surface area contributed by atoms with Crippen LogP contribution in [0.15, 0.2) is 12.1 Å². The molecule has 0 saturated carbocycles. The smallest absolute Gasteiger partial charge is 0.295 e. The molecule has 21 heavy (non-hydrogen) atoms. The number of nitrogens with one attached hydrogen (secondary N) is 1. The van der Waals surface area contributed by atoms with E-state index in [4.69, 9.17) is 10.5 Å². The van der Waals surface area contributed by atoms with Gasteiger partial charge in [-0.3, -0.25) is 14.9 Å². The first-order valence-corrected chi connectivity index (χ1v) is 6.42. The summed E-state index contributed by atoms with van der Waals surface area (Å²) >= 11 is 0. The molecule has 1 fully saturated rings. The molecule has 2 atom stereocenters. The molecule has 1 aliphatic rings. The summed E-state index contributed by atoms with van der Waals surface area (Å²) in [5.74, 6) is -1.54. The van der Waals surface area contributed by atoms with Gasteiger partial charge in [0.05, 0.1) is 28.2 Å². The Balaban J connectivity index is 2.34. The first-order chi connectivity index (χ1) is 9.74. The number of hydrogen-bond donors (Lipinski definition) is 2. The van der Waals surface area contributed by atoms with Gasteiger partial charge in [0.2, 0.25) is 0 Å². The van der Waals surface area contributed by atoms with Crippen molar-refractivity contribution in [3.05, 3.63) is 33.6 Å². The van der Waals surface area contributed by atoms with Gasteiger partial charge < -0.3 is 15.8 Å². The second-order valence-corrected chi connectivity index (χ2v) is 5.28. The van der Waals surface area contributed by atoms with Gasteiger partial charge >= 0.3 is 0 Å². The van der Waals surface area contributed by atoms with E-state index < -0.39 is 27.9 Å². The van der Waals surface area contributed by atoms with Gasteiger partial charge in [-0.15, -0.1) is 0 Å². The summed E-state index contributed by atoms with van der Waals surface area (Å²) in [6, 6.07) is 1.58. The molecule has 0 bridgehead atoms. The lowest BCUT2D eigenvalue weighted by Crippen LogP contribution is -2.50. The summed E-state index contributed by atoms with van der Waals surface area (Å²) in [5, 5.41) is 13.5. The Labute approximate surface area is 120 Å². The second kappa shape index (κ2) is 5.28. The molecule has 1 aliphatic heterocycles. The highest BCUT2D eigenvalue weighted by Crippen LogP contribution is 2.29. The Morgan fingerprint density at radius 1 is 1.62 bits per heavy atom. The molecule has 1 amide bonds. The van der Waals surface area contributed by atoms with Gasteiger partial charge in [0.15, 0.2) is 0 Å². The minimum absolute atomic E-state index is 0.216. The van der Waals surface area contributed by atoms with Crippen molar-refractivity contribution in [2.45, 2.75) is 31.9 Å². The Hall–Kier alpha value is -2.22. The largest absolute Gasteiger partial charge is 0.393 e. The van der Waals surface area contributed by atoms with Crippen molar-refractivity contribution in [2.75, 3.05) is 12.3 Å². The van der Waals surface area contributed by atoms with Crippen LogP contribution in [0.1, 0.15) is 30.6 Å². The number of ether oxygens (including phenoxy) is 1. The van der Waals surface area contributed by atoms with Crippen molar-refractivity contribution in [1.82, 2.24) is 5.32 Å².